The number of nitrogens with zero attached hydrogens (tertiary/aromatic N) is 1. The minimum atomic E-state index is 0.544. The first kappa shape index (κ1) is 11.1. The van der Waals surface area contributed by atoms with Crippen molar-refractivity contribution >= 4 is 26.7 Å². The predicted octanol–water partition coefficient (Wildman–Crippen LogP) is 1.61. The molecule has 0 spiro atoms. The number of aromatic nitrogens is 1. The number of hydrazine groups is 1. The third-order valence-electron chi connectivity index (χ3n) is 2.04. The number of fused-ring (bicyclic) bond motifs is 1. The van der Waals surface area contributed by atoms with Gasteiger partial charge in [0, 0.05) is 7.11 Å². The first-order valence-electron chi connectivity index (χ1n) is 4.82. The summed E-state index contributed by atoms with van der Waals surface area (Å²) in [4.78, 5) is 4.27. The third-order valence-corrected chi connectivity index (χ3v) is 2.99. The van der Waals surface area contributed by atoms with Gasteiger partial charge < -0.3 is 9.47 Å². The maximum absolute atomic E-state index is 5.50. The lowest BCUT2D eigenvalue weighted by molar-refractivity contribution is 0.146. The highest BCUT2D eigenvalue weighted by Gasteiger charge is 2.03. The highest BCUT2D eigenvalue weighted by Crippen LogP contribution is 2.28. The van der Waals surface area contributed by atoms with Crippen LogP contribution in [-0.2, 0) is 4.74 Å². The maximum atomic E-state index is 5.50. The third kappa shape index (κ3) is 2.41. The molecule has 0 unspecified atom stereocenters. The number of nitrogens with one attached hydrogen (secondary N) is 1. The van der Waals surface area contributed by atoms with Gasteiger partial charge in [0.25, 0.3) is 0 Å². The SMILES string of the molecule is COCCOc1ccc2nc(NN)sc2c1. The summed E-state index contributed by atoms with van der Waals surface area (Å²) in [5, 5.41) is 0.698. The van der Waals surface area contributed by atoms with Crippen LogP contribution in [0.4, 0.5) is 5.13 Å². The fourth-order valence-corrected chi connectivity index (χ4v) is 2.10. The van der Waals surface area contributed by atoms with Crippen molar-refractivity contribution in [3.63, 3.8) is 0 Å². The molecule has 0 atom stereocenters. The van der Waals surface area contributed by atoms with Gasteiger partial charge in [-0.3, -0.25) is 5.43 Å². The molecule has 1 heterocycles. The monoisotopic (exact) mass is 239 g/mol. The molecule has 6 heteroatoms. The lowest BCUT2D eigenvalue weighted by atomic mass is 10.3. The van der Waals surface area contributed by atoms with Crippen LogP contribution in [0.2, 0.25) is 0 Å². The molecule has 16 heavy (non-hydrogen) atoms. The second-order valence-corrected chi connectivity index (χ2v) is 4.16. The second kappa shape index (κ2) is 5.11. The van der Waals surface area contributed by atoms with Crippen molar-refractivity contribution in [2.24, 2.45) is 5.84 Å². The van der Waals surface area contributed by atoms with E-state index in [4.69, 9.17) is 15.3 Å². The van der Waals surface area contributed by atoms with Crippen molar-refractivity contribution in [2.75, 3.05) is 25.7 Å². The Hall–Kier alpha value is -1.37. The van der Waals surface area contributed by atoms with Gasteiger partial charge in [0.05, 0.1) is 16.8 Å². The van der Waals surface area contributed by atoms with Crippen LogP contribution >= 0.6 is 11.3 Å². The van der Waals surface area contributed by atoms with Gasteiger partial charge in [-0.15, -0.1) is 0 Å². The molecule has 1 aromatic heterocycles. The van der Waals surface area contributed by atoms with Crippen molar-refractivity contribution in [2.45, 2.75) is 0 Å². The molecular weight excluding hydrogens is 226 g/mol. The highest BCUT2D eigenvalue weighted by molar-refractivity contribution is 7.22. The van der Waals surface area contributed by atoms with E-state index in [-0.39, 0.29) is 0 Å². The van der Waals surface area contributed by atoms with Gasteiger partial charge >= 0.3 is 0 Å². The topological polar surface area (TPSA) is 69.4 Å². The van der Waals surface area contributed by atoms with Crippen LogP contribution in [0.15, 0.2) is 18.2 Å². The van der Waals surface area contributed by atoms with E-state index in [0.29, 0.717) is 18.3 Å². The standard InChI is InChI=1S/C10H13N3O2S/c1-14-4-5-15-7-2-3-8-9(6-7)16-10(12-8)13-11/h2-3,6H,4-5,11H2,1H3,(H,12,13). The van der Waals surface area contributed by atoms with E-state index in [1.165, 1.54) is 11.3 Å². The predicted molar refractivity (Wildman–Crippen MR) is 64.8 cm³/mol. The van der Waals surface area contributed by atoms with Gasteiger partial charge in [-0.25, -0.2) is 10.8 Å². The Kier molecular flexibility index (Phi) is 3.55. The van der Waals surface area contributed by atoms with Crippen LogP contribution in [0.1, 0.15) is 0 Å². The smallest absolute Gasteiger partial charge is 0.198 e. The largest absolute Gasteiger partial charge is 0.491 e. The number of nitrogen functional groups attached to an aromatic ring is 1. The summed E-state index contributed by atoms with van der Waals surface area (Å²) in [6.07, 6.45) is 0. The van der Waals surface area contributed by atoms with Crippen LogP contribution in [0.5, 0.6) is 5.75 Å². The minimum absolute atomic E-state index is 0.544. The van der Waals surface area contributed by atoms with Crippen LogP contribution < -0.4 is 16.0 Å². The zero-order valence-electron chi connectivity index (χ0n) is 8.90. The Labute approximate surface area is 97.2 Å². The van der Waals surface area contributed by atoms with Crippen molar-refractivity contribution < 1.29 is 9.47 Å². The van der Waals surface area contributed by atoms with Gasteiger partial charge in [-0.05, 0) is 18.2 Å². The molecule has 0 aliphatic carbocycles. The number of ether oxygens (including phenoxy) is 2. The van der Waals surface area contributed by atoms with Crippen LogP contribution in [0.25, 0.3) is 10.2 Å². The van der Waals surface area contributed by atoms with Crippen LogP contribution in [0, 0.1) is 0 Å². The van der Waals surface area contributed by atoms with Gasteiger partial charge in [-0.2, -0.15) is 0 Å². The molecule has 0 saturated carbocycles. The summed E-state index contributed by atoms with van der Waals surface area (Å²) in [6.45, 7) is 1.12. The zero-order valence-corrected chi connectivity index (χ0v) is 9.71. The van der Waals surface area contributed by atoms with Gasteiger partial charge in [-0.1, -0.05) is 11.3 Å². The molecule has 5 nitrogen and oxygen atoms in total. The summed E-state index contributed by atoms with van der Waals surface area (Å²) >= 11 is 1.49. The Bertz CT molecular complexity index is 472. The van der Waals surface area contributed by atoms with Crippen molar-refractivity contribution in [3.05, 3.63) is 18.2 Å². The molecular formula is C10H13N3O2S. The number of hydrogen-bond acceptors (Lipinski definition) is 6. The summed E-state index contributed by atoms with van der Waals surface area (Å²) in [6, 6.07) is 5.75. The van der Waals surface area contributed by atoms with Crippen molar-refractivity contribution in [3.8, 4) is 5.75 Å². The van der Waals surface area contributed by atoms with E-state index in [1.807, 2.05) is 18.2 Å². The van der Waals surface area contributed by atoms with Gasteiger partial charge in [0.1, 0.15) is 12.4 Å². The lowest BCUT2D eigenvalue weighted by Gasteiger charge is -2.04. The fourth-order valence-electron chi connectivity index (χ4n) is 1.30. The van der Waals surface area contributed by atoms with Crippen molar-refractivity contribution in [1.82, 2.24) is 4.98 Å². The Morgan fingerprint density at radius 1 is 1.44 bits per heavy atom. The molecule has 0 aliphatic heterocycles. The number of rotatable bonds is 5. The average Bonchev–Trinajstić information content (AvgIpc) is 2.71. The number of thiazole rings is 1. The number of hydrogen-bond donors (Lipinski definition) is 2. The summed E-state index contributed by atoms with van der Waals surface area (Å²) in [5.74, 6) is 6.12. The minimum Gasteiger partial charge on any atom is -0.491 e. The lowest BCUT2D eigenvalue weighted by Crippen LogP contribution is -2.05. The number of benzene rings is 1. The fraction of sp³-hybridized carbons (Fsp3) is 0.300. The molecule has 2 aromatic rings. The normalized spacial score (nSPS) is 10.6. The Morgan fingerprint density at radius 3 is 3.06 bits per heavy atom. The van der Waals surface area contributed by atoms with E-state index < -0.39 is 0 Å². The average molecular weight is 239 g/mol. The summed E-state index contributed by atoms with van der Waals surface area (Å²) in [5.41, 5.74) is 3.45. The molecule has 0 bridgehead atoms. The number of anilines is 1. The molecule has 0 amide bonds. The van der Waals surface area contributed by atoms with E-state index in [1.54, 1.807) is 7.11 Å². The summed E-state index contributed by atoms with van der Waals surface area (Å²) in [7, 11) is 1.65. The first-order valence-corrected chi connectivity index (χ1v) is 5.64. The van der Waals surface area contributed by atoms with E-state index >= 15 is 0 Å². The molecule has 0 aliphatic rings. The Balaban J connectivity index is 2.15. The van der Waals surface area contributed by atoms with E-state index in [0.717, 1.165) is 16.0 Å². The molecule has 0 radical (unpaired) electrons. The zero-order chi connectivity index (χ0) is 11.4. The first-order chi connectivity index (χ1) is 7.83. The number of nitrogens with two attached hydrogens (primary N) is 1. The number of methoxy groups -OCH3 is 1. The Morgan fingerprint density at radius 2 is 2.31 bits per heavy atom. The molecule has 3 N–H and O–H groups in total. The van der Waals surface area contributed by atoms with E-state index in [9.17, 15) is 0 Å². The quantitative estimate of drug-likeness (QED) is 0.471. The molecule has 0 fully saturated rings. The van der Waals surface area contributed by atoms with Gasteiger partial charge in [0.2, 0.25) is 0 Å². The van der Waals surface area contributed by atoms with Gasteiger partial charge in [0.15, 0.2) is 5.13 Å². The van der Waals surface area contributed by atoms with E-state index in [2.05, 4.69) is 10.4 Å². The highest BCUT2D eigenvalue weighted by atomic mass is 32.1. The summed E-state index contributed by atoms with van der Waals surface area (Å²) < 4.78 is 11.5. The molecule has 86 valence electrons. The maximum Gasteiger partial charge on any atom is 0.198 e. The van der Waals surface area contributed by atoms with Crippen LogP contribution in [-0.4, -0.2) is 25.3 Å². The molecule has 2 rings (SSSR count). The molecule has 0 saturated heterocycles. The van der Waals surface area contributed by atoms with Crippen molar-refractivity contribution in [1.29, 1.82) is 0 Å². The second-order valence-electron chi connectivity index (χ2n) is 3.13. The van der Waals surface area contributed by atoms with Crippen LogP contribution in [0.3, 0.4) is 0 Å². The molecule has 1 aromatic carbocycles.